The first kappa shape index (κ1) is 22.8. The molecule has 3 amide bonds. The first-order valence-corrected chi connectivity index (χ1v) is 11.7. The molecular formula is C25H35N3O4. The third kappa shape index (κ3) is 3.92. The summed E-state index contributed by atoms with van der Waals surface area (Å²) in [4.78, 5) is 29.8. The third-order valence-corrected chi connectivity index (χ3v) is 7.05. The average molecular weight is 442 g/mol. The Kier molecular flexibility index (Phi) is 6.58. The molecule has 32 heavy (non-hydrogen) atoms. The Balaban J connectivity index is 1.61. The number of aliphatic hydroxyl groups is 1. The van der Waals surface area contributed by atoms with Crippen LogP contribution in [-0.2, 0) is 9.53 Å². The molecular weight excluding hydrogens is 406 g/mol. The maximum atomic E-state index is 13.6. The van der Waals surface area contributed by atoms with Gasteiger partial charge in [-0.05, 0) is 44.7 Å². The predicted molar refractivity (Wildman–Crippen MR) is 123 cm³/mol. The molecule has 1 aromatic carbocycles. The van der Waals surface area contributed by atoms with Crippen LogP contribution in [0.15, 0.2) is 30.3 Å². The molecule has 3 aliphatic heterocycles. The number of likely N-dealkylation sites (tertiary alicyclic amines) is 2. The smallest absolute Gasteiger partial charge is 0.317 e. The molecule has 0 aliphatic carbocycles. The summed E-state index contributed by atoms with van der Waals surface area (Å²) in [5.41, 5.74) is 1.77. The number of urea groups is 1. The van der Waals surface area contributed by atoms with Crippen molar-refractivity contribution < 1.29 is 19.4 Å². The highest BCUT2D eigenvalue weighted by Crippen LogP contribution is 2.54. The minimum absolute atomic E-state index is 0.000883. The summed E-state index contributed by atoms with van der Waals surface area (Å²) in [6.45, 7) is 7.94. The second-order valence-electron chi connectivity index (χ2n) is 9.55. The number of carbonyl (C=O) groups excluding carboxylic acids is 2. The highest BCUT2D eigenvalue weighted by atomic mass is 16.5. The number of carbonyl (C=O) groups is 2. The van der Waals surface area contributed by atoms with Crippen molar-refractivity contribution in [2.75, 3.05) is 32.9 Å². The average Bonchev–Trinajstić information content (AvgIpc) is 2.74. The fourth-order valence-electron chi connectivity index (χ4n) is 5.60. The van der Waals surface area contributed by atoms with E-state index < -0.39 is 5.54 Å². The van der Waals surface area contributed by atoms with Gasteiger partial charge in [-0.3, -0.25) is 4.79 Å². The van der Waals surface area contributed by atoms with E-state index in [1.165, 1.54) is 0 Å². The summed E-state index contributed by atoms with van der Waals surface area (Å²) < 4.78 is 5.45. The van der Waals surface area contributed by atoms with E-state index in [1.807, 2.05) is 37.8 Å². The van der Waals surface area contributed by atoms with E-state index in [0.717, 1.165) is 11.1 Å². The molecule has 1 spiro atoms. The molecule has 1 aromatic rings. The third-order valence-electron chi connectivity index (χ3n) is 7.05. The van der Waals surface area contributed by atoms with E-state index in [-0.39, 0.29) is 42.5 Å². The van der Waals surface area contributed by atoms with Crippen LogP contribution in [0, 0.1) is 5.92 Å². The van der Waals surface area contributed by atoms with E-state index in [4.69, 9.17) is 4.74 Å². The molecule has 7 nitrogen and oxygen atoms in total. The molecule has 0 radical (unpaired) electrons. The van der Waals surface area contributed by atoms with Crippen molar-refractivity contribution in [2.45, 2.75) is 57.2 Å². The Morgan fingerprint density at radius 1 is 1.22 bits per heavy atom. The second kappa shape index (κ2) is 9.24. The molecule has 3 aliphatic rings. The van der Waals surface area contributed by atoms with Gasteiger partial charge in [0.15, 0.2) is 0 Å². The fraction of sp³-hybridized carbons (Fsp3) is 0.600. The Morgan fingerprint density at radius 2 is 1.88 bits per heavy atom. The zero-order valence-electron chi connectivity index (χ0n) is 19.3. The van der Waals surface area contributed by atoms with E-state index >= 15 is 0 Å². The van der Waals surface area contributed by atoms with Gasteiger partial charge in [0.1, 0.15) is 0 Å². The summed E-state index contributed by atoms with van der Waals surface area (Å²) in [6.07, 6.45) is 5.47. The minimum Gasteiger partial charge on any atom is -0.394 e. The lowest BCUT2D eigenvalue weighted by Gasteiger charge is -2.70. The van der Waals surface area contributed by atoms with Crippen molar-refractivity contribution in [2.24, 2.45) is 5.92 Å². The van der Waals surface area contributed by atoms with E-state index in [0.29, 0.717) is 39.1 Å². The fourth-order valence-corrected chi connectivity index (χ4v) is 5.60. The number of aliphatic hydroxyl groups excluding tert-OH is 1. The van der Waals surface area contributed by atoms with Gasteiger partial charge < -0.3 is 25.0 Å². The van der Waals surface area contributed by atoms with Gasteiger partial charge >= 0.3 is 6.03 Å². The molecule has 2 atom stereocenters. The lowest BCUT2D eigenvalue weighted by Crippen LogP contribution is -2.86. The van der Waals surface area contributed by atoms with Gasteiger partial charge in [-0.25, -0.2) is 4.79 Å². The number of rotatable bonds is 5. The van der Waals surface area contributed by atoms with Crippen LogP contribution in [0.4, 0.5) is 4.79 Å². The minimum atomic E-state index is -0.459. The summed E-state index contributed by atoms with van der Waals surface area (Å²) in [5, 5.41) is 13.2. The van der Waals surface area contributed by atoms with Crippen molar-refractivity contribution in [3.8, 4) is 0 Å². The van der Waals surface area contributed by atoms with Crippen molar-refractivity contribution >= 4 is 18.0 Å². The monoisotopic (exact) mass is 441 g/mol. The van der Waals surface area contributed by atoms with Gasteiger partial charge in [-0.1, -0.05) is 36.4 Å². The molecule has 4 rings (SSSR count). The molecule has 0 aromatic heterocycles. The maximum absolute atomic E-state index is 13.6. The number of nitrogens with zero attached hydrogens (tertiary/aromatic N) is 2. The van der Waals surface area contributed by atoms with Crippen LogP contribution in [-0.4, -0.2) is 77.4 Å². The summed E-state index contributed by atoms with van der Waals surface area (Å²) in [5.74, 6) is 0.0170. The molecule has 0 saturated carbocycles. The number of hydrogen-bond acceptors (Lipinski definition) is 4. The van der Waals surface area contributed by atoms with Crippen LogP contribution in [0.3, 0.4) is 0 Å². The van der Waals surface area contributed by atoms with Crippen LogP contribution >= 0.6 is 0 Å². The summed E-state index contributed by atoms with van der Waals surface area (Å²) in [7, 11) is 0. The Bertz CT molecular complexity index is 854. The number of allylic oxidation sites excluding steroid dienone is 1. The maximum Gasteiger partial charge on any atom is 0.317 e. The number of benzene rings is 1. The number of ether oxygens (including phenoxy) is 1. The molecule has 3 saturated heterocycles. The van der Waals surface area contributed by atoms with Crippen molar-refractivity contribution in [1.82, 2.24) is 15.1 Å². The first-order chi connectivity index (χ1) is 15.4. The number of hydrogen-bond donors (Lipinski definition) is 2. The predicted octanol–water partition coefficient (Wildman–Crippen LogP) is 2.61. The molecule has 174 valence electrons. The summed E-state index contributed by atoms with van der Waals surface area (Å²) in [6, 6.07) is 8.02. The zero-order chi connectivity index (χ0) is 22.9. The van der Waals surface area contributed by atoms with Gasteiger partial charge in [-0.15, -0.1) is 0 Å². The second-order valence-corrected chi connectivity index (χ2v) is 9.55. The van der Waals surface area contributed by atoms with Crippen molar-refractivity contribution in [3.05, 3.63) is 41.5 Å². The molecule has 3 fully saturated rings. The Labute approximate surface area is 190 Å². The first-order valence-electron chi connectivity index (χ1n) is 11.7. The number of nitrogens with one attached hydrogen (secondary N) is 1. The van der Waals surface area contributed by atoms with Gasteiger partial charge in [0, 0.05) is 44.2 Å². The standard InChI is InChI=1S/C25H35N3O4/c1-4-5-18-6-8-19(9-7-18)22-21(14-29)28(23(30)20-10-12-32-13-11-20)25(22)15-27(16-25)24(31)26-17(2)3/h4-9,17,20-22,29H,10-16H2,1-3H3,(H,26,31)/b5-4+/t21-,22+/m0/s1. The normalized spacial score (nSPS) is 25.2. The molecule has 0 unspecified atom stereocenters. The zero-order valence-corrected chi connectivity index (χ0v) is 19.3. The molecule has 0 bridgehead atoms. The highest BCUT2D eigenvalue weighted by molar-refractivity contribution is 5.84. The van der Waals surface area contributed by atoms with Crippen LogP contribution in [0.2, 0.25) is 0 Å². The largest absolute Gasteiger partial charge is 0.394 e. The van der Waals surface area contributed by atoms with E-state index in [9.17, 15) is 14.7 Å². The molecule has 7 heteroatoms. The quantitative estimate of drug-likeness (QED) is 0.736. The Morgan fingerprint density at radius 3 is 2.44 bits per heavy atom. The van der Waals surface area contributed by atoms with Crippen LogP contribution in [0.5, 0.6) is 0 Å². The highest BCUT2D eigenvalue weighted by Gasteiger charge is 2.68. The summed E-state index contributed by atoms with van der Waals surface area (Å²) >= 11 is 0. The van der Waals surface area contributed by atoms with E-state index in [1.54, 1.807) is 4.90 Å². The van der Waals surface area contributed by atoms with Crippen molar-refractivity contribution in [1.29, 1.82) is 0 Å². The molecule has 3 heterocycles. The van der Waals surface area contributed by atoms with Gasteiger partial charge in [0.05, 0.1) is 18.2 Å². The van der Waals surface area contributed by atoms with Crippen LogP contribution < -0.4 is 5.32 Å². The lowest BCUT2D eigenvalue weighted by molar-refractivity contribution is -0.198. The Hall–Kier alpha value is -2.38. The van der Waals surface area contributed by atoms with Gasteiger partial charge in [0.2, 0.25) is 5.91 Å². The van der Waals surface area contributed by atoms with Gasteiger partial charge in [-0.2, -0.15) is 0 Å². The SMILES string of the molecule is C/C=C/c1ccc([C@@H]2[C@H](CO)N(C(=O)C3CCOCC3)C23CN(C(=O)NC(C)C)C3)cc1. The lowest BCUT2D eigenvalue weighted by atomic mass is 9.60. The topological polar surface area (TPSA) is 82.1 Å². The van der Waals surface area contributed by atoms with Gasteiger partial charge in [0.25, 0.3) is 0 Å². The van der Waals surface area contributed by atoms with Crippen molar-refractivity contribution in [3.63, 3.8) is 0 Å². The van der Waals surface area contributed by atoms with E-state index in [2.05, 4.69) is 29.6 Å². The van der Waals surface area contributed by atoms with Crippen LogP contribution in [0.1, 0.15) is 50.7 Å². The van der Waals surface area contributed by atoms with Crippen LogP contribution in [0.25, 0.3) is 6.08 Å². The molecule has 2 N–H and O–H groups in total. The number of amides is 3.